The number of rotatable bonds is 8. The predicted molar refractivity (Wildman–Crippen MR) is 78.8 cm³/mol. The number of ether oxygens (including phenoxy) is 1. The van der Waals surface area contributed by atoms with E-state index in [0.29, 0.717) is 13.2 Å². The fourth-order valence-electron chi connectivity index (χ4n) is 1.58. The van der Waals surface area contributed by atoms with E-state index in [1.807, 2.05) is 43.3 Å². The van der Waals surface area contributed by atoms with Crippen LogP contribution in [0.2, 0.25) is 0 Å². The Kier molecular flexibility index (Phi) is 6.74. The smallest absolute Gasteiger partial charge is 0.239 e. The molecule has 2 N–H and O–H groups in total. The van der Waals surface area contributed by atoms with E-state index >= 15 is 0 Å². The summed E-state index contributed by atoms with van der Waals surface area (Å²) >= 11 is 0. The Hall–Kier alpha value is -1.75. The average molecular weight is 265 g/mol. The highest BCUT2D eigenvalue weighted by atomic mass is 16.5. The second-order valence-electron chi connectivity index (χ2n) is 4.49. The fraction of sp³-hybridized carbons (Fsp3) is 0.500. The Morgan fingerprint density at radius 2 is 2.16 bits per heavy atom. The van der Waals surface area contributed by atoms with Gasteiger partial charge in [0, 0.05) is 45.7 Å². The number of amides is 1. The van der Waals surface area contributed by atoms with Crippen molar-refractivity contribution < 1.29 is 9.53 Å². The van der Waals surface area contributed by atoms with E-state index < -0.39 is 0 Å². The molecule has 0 spiro atoms. The van der Waals surface area contributed by atoms with E-state index in [1.54, 1.807) is 7.11 Å². The van der Waals surface area contributed by atoms with Crippen LogP contribution in [0.1, 0.15) is 6.42 Å². The molecule has 106 valence electrons. The summed E-state index contributed by atoms with van der Waals surface area (Å²) in [6.45, 7) is 1.59. The third-order valence-corrected chi connectivity index (χ3v) is 2.66. The van der Waals surface area contributed by atoms with Crippen LogP contribution in [0.5, 0.6) is 0 Å². The van der Waals surface area contributed by atoms with Crippen LogP contribution in [0.4, 0.5) is 11.4 Å². The zero-order chi connectivity index (χ0) is 14.1. The summed E-state index contributed by atoms with van der Waals surface area (Å²) in [6, 6.07) is 7.95. The van der Waals surface area contributed by atoms with Gasteiger partial charge >= 0.3 is 0 Å². The van der Waals surface area contributed by atoms with E-state index in [4.69, 9.17) is 4.74 Å². The molecule has 0 aliphatic rings. The number of benzene rings is 1. The zero-order valence-corrected chi connectivity index (χ0v) is 11.9. The van der Waals surface area contributed by atoms with E-state index in [-0.39, 0.29) is 12.5 Å². The highest BCUT2D eigenvalue weighted by Crippen LogP contribution is 2.16. The third-order valence-electron chi connectivity index (χ3n) is 2.66. The largest absolute Gasteiger partial charge is 0.385 e. The zero-order valence-electron chi connectivity index (χ0n) is 11.9. The van der Waals surface area contributed by atoms with E-state index in [9.17, 15) is 4.79 Å². The van der Waals surface area contributed by atoms with Gasteiger partial charge in [-0.3, -0.25) is 4.79 Å². The van der Waals surface area contributed by atoms with Gasteiger partial charge in [0.15, 0.2) is 0 Å². The monoisotopic (exact) mass is 265 g/mol. The van der Waals surface area contributed by atoms with Crippen molar-refractivity contribution in [2.75, 3.05) is 51.1 Å². The minimum atomic E-state index is -0.00800. The third kappa shape index (κ3) is 6.10. The second kappa shape index (κ2) is 8.37. The number of nitrogens with one attached hydrogen (secondary N) is 2. The molecule has 1 aromatic rings. The maximum atomic E-state index is 11.6. The molecule has 0 aliphatic heterocycles. The van der Waals surface area contributed by atoms with Gasteiger partial charge in [0.05, 0.1) is 6.54 Å². The molecule has 0 saturated heterocycles. The summed E-state index contributed by atoms with van der Waals surface area (Å²) in [6.07, 6.45) is 0.832. The molecular formula is C14H23N3O2. The molecule has 0 aliphatic carbocycles. The summed E-state index contributed by atoms with van der Waals surface area (Å²) in [5.74, 6) is -0.00800. The van der Waals surface area contributed by atoms with Crippen LogP contribution in [0.15, 0.2) is 24.3 Å². The number of nitrogens with zero attached hydrogens (tertiary/aromatic N) is 1. The molecule has 0 bridgehead atoms. The Labute approximate surface area is 114 Å². The van der Waals surface area contributed by atoms with Gasteiger partial charge in [0.25, 0.3) is 0 Å². The normalized spacial score (nSPS) is 10.1. The van der Waals surface area contributed by atoms with Crippen LogP contribution in [-0.2, 0) is 9.53 Å². The first-order chi connectivity index (χ1) is 9.13. The highest BCUT2D eigenvalue weighted by Gasteiger charge is 2.01. The standard InChI is InChI=1S/C14H23N3O2/c1-17(2)13-7-4-6-12(10-13)16-11-14(18)15-8-5-9-19-3/h4,6-7,10,16H,5,8-9,11H2,1-3H3,(H,15,18). The number of carbonyl (C=O) groups excluding carboxylic acids is 1. The summed E-state index contributed by atoms with van der Waals surface area (Å²) in [4.78, 5) is 13.6. The molecular weight excluding hydrogens is 242 g/mol. The maximum absolute atomic E-state index is 11.6. The van der Waals surface area contributed by atoms with Crippen LogP contribution in [0, 0.1) is 0 Å². The predicted octanol–water partition coefficient (Wildman–Crippen LogP) is 1.32. The SMILES string of the molecule is COCCCNC(=O)CNc1cccc(N(C)C)c1. The van der Waals surface area contributed by atoms with Gasteiger partial charge in [-0.1, -0.05) is 6.07 Å². The molecule has 0 atom stereocenters. The topological polar surface area (TPSA) is 53.6 Å². The lowest BCUT2D eigenvalue weighted by Crippen LogP contribution is -2.31. The lowest BCUT2D eigenvalue weighted by molar-refractivity contribution is -0.119. The van der Waals surface area contributed by atoms with E-state index in [2.05, 4.69) is 10.6 Å². The minimum Gasteiger partial charge on any atom is -0.385 e. The molecule has 0 aromatic heterocycles. The molecule has 1 aromatic carbocycles. The van der Waals surface area contributed by atoms with Crippen molar-refractivity contribution in [3.63, 3.8) is 0 Å². The van der Waals surface area contributed by atoms with Gasteiger partial charge in [0.2, 0.25) is 5.91 Å². The maximum Gasteiger partial charge on any atom is 0.239 e. The first-order valence-corrected chi connectivity index (χ1v) is 6.40. The second-order valence-corrected chi connectivity index (χ2v) is 4.49. The van der Waals surface area contributed by atoms with Gasteiger partial charge < -0.3 is 20.3 Å². The summed E-state index contributed by atoms with van der Waals surface area (Å²) in [5.41, 5.74) is 2.05. The molecule has 0 heterocycles. The number of hydrogen-bond acceptors (Lipinski definition) is 4. The van der Waals surface area contributed by atoms with Crippen molar-refractivity contribution in [3.05, 3.63) is 24.3 Å². The molecule has 5 nitrogen and oxygen atoms in total. The van der Waals surface area contributed by atoms with Crippen LogP contribution in [-0.4, -0.2) is 46.8 Å². The highest BCUT2D eigenvalue weighted by molar-refractivity contribution is 5.80. The van der Waals surface area contributed by atoms with Gasteiger partial charge in [-0.25, -0.2) is 0 Å². The van der Waals surface area contributed by atoms with Crippen molar-refractivity contribution in [3.8, 4) is 0 Å². The van der Waals surface area contributed by atoms with Gasteiger partial charge in [-0.15, -0.1) is 0 Å². The molecule has 5 heteroatoms. The Morgan fingerprint density at radius 1 is 1.37 bits per heavy atom. The van der Waals surface area contributed by atoms with Crippen molar-refractivity contribution >= 4 is 17.3 Å². The Bertz CT molecular complexity index is 394. The molecule has 0 saturated carbocycles. The molecule has 1 rings (SSSR count). The number of anilines is 2. The molecule has 19 heavy (non-hydrogen) atoms. The molecule has 1 amide bonds. The molecule has 0 fully saturated rings. The number of methoxy groups -OCH3 is 1. The summed E-state index contributed by atoms with van der Waals surface area (Å²) < 4.78 is 4.92. The van der Waals surface area contributed by atoms with Crippen molar-refractivity contribution in [1.29, 1.82) is 0 Å². The lowest BCUT2D eigenvalue weighted by atomic mass is 10.2. The van der Waals surface area contributed by atoms with Gasteiger partial charge in [-0.05, 0) is 24.6 Å². The first-order valence-electron chi connectivity index (χ1n) is 6.40. The van der Waals surface area contributed by atoms with Crippen LogP contribution < -0.4 is 15.5 Å². The lowest BCUT2D eigenvalue weighted by Gasteiger charge is -2.14. The molecule has 0 radical (unpaired) electrons. The van der Waals surface area contributed by atoms with Crippen LogP contribution in [0.3, 0.4) is 0 Å². The van der Waals surface area contributed by atoms with Gasteiger partial charge in [0.1, 0.15) is 0 Å². The number of hydrogen-bond donors (Lipinski definition) is 2. The van der Waals surface area contributed by atoms with Crippen molar-refractivity contribution in [2.24, 2.45) is 0 Å². The average Bonchev–Trinajstić information content (AvgIpc) is 2.41. The van der Waals surface area contributed by atoms with E-state index in [0.717, 1.165) is 17.8 Å². The van der Waals surface area contributed by atoms with E-state index in [1.165, 1.54) is 0 Å². The summed E-state index contributed by atoms with van der Waals surface area (Å²) in [5, 5.41) is 5.94. The van der Waals surface area contributed by atoms with Crippen molar-refractivity contribution in [2.45, 2.75) is 6.42 Å². The minimum absolute atomic E-state index is 0.00800. The summed E-state index contributed by atoms with van der Waals surface area (Å²) in [7, 11) is 5.63. The Balaban J connectivity index is 2.31. The first kappa shape index (κ1) is 15.3. The Morgan fingerprint density at radius 3 is 2.84 bits per heavy atom. The van der Waals surface area contributed by atoms with Gasteiger partial charge in [-0.2, -0.15) is 0 Å². The van der Waals surface area contributed by atoms with Crippen LogP contribution >= 0.6 is 0 Å². The number of carbonyl (C=O) groups is 1. The van der Waals surface area contributed by atoms with Crippen molar-refractivity contribution in [1.82, 2.24) is 5.32 Å². The molecule has 0 unspecified atom stereocenters. The quantitative estimate of drug-likeness (QED) is 0.696. The fourth-order valence-corrected chi connectivity index (χ4v) is 1.58. The van der Waals surface area contributed by atoms with Crippen LogP contribution in [0.25, 0.3) is 0 Å².